The predicted octanol–water partition coefficient (Wildman–Crippen LogP) is 2.51. The molecule has 0 saturated carbocycles. The summed E-state index contributed by atoms with van der Waals surface area (Å²) < 4.78 is 64.8. The van der Waals surface area contributed by atoms with Crippen molar-refractivity contribution in [1.29, 1.82) is 0 Å². The van der Waals surface area contributed by atoms with Crippen molar-refractivity contribution in [2.45, 2.75) is 16.7 Å². The Balaban J connectivity index is 2.19. The largest absolute Gasteiger partial charge is 0.507 e. The molecule has 0 aromatic heterocycles. The number of phenols is 1. The quantitative estimate of drug-likeness (QED) is 0.238. The van der Waals surface area contributed by atoms with E-state index in [1.54, 1.807) is 0 Å². The van der Waals surface area contributed by atoms with Crippen LogP contribution in [0.3, 0.4) is 0 Å². The molecule has 168 valence electrons. The molecule has 12 nitrogen and oxygen atoms in total. The third-order valence-corrected chi connectivity index (χ3v) is 6.14. The van der Waals surface area contributed by atoms with Gasteiger partial charge < -0.3 is 10.4 Å². The summed E-state index contributed by atoms with van der Waals surface area (Å²) in [5.41, 5.74) is -0.390. The van der Waals surface area contributed by atoms with Crippen LogP contribution in [0.15, 0.2) is 52.3 Å². The Hall–Kier alpha value is -3.59. The van der Waals surface area contributed by atoms with Crippen molar-refractivity contribution in [2.75, 3.05) is 5.32 Å². The molecule has 0 unspecified atom stereocenters. The lowest BCUT2D eigenvalue weighted by atomic mass is 10.1. The second-order valence-corrected chi connectivity index (χ2v) is 9.52. The average molecular weight is 482 g/mol. The molecular weight excluding hydrogens is 468 g/mol. The molecule has 0 spiro atoms. The zero-order valence-corrected chi connectivity index (χ0v) is 17.6. The van der Waals surface area contributed by atoms with Crippen LogP contribution in [0.4, 0.5) is 11.4 Å². The Morgan fingerprint density at radius 1 is 0.969 bits per heavy atom. The van der Waals surface area contributed by atoms with E-state index in [1.165, 1.54) is 13.0 Å². The normalized spacial score (nSPS) is 12.0. The van der Waals surface area contributed by atoms with Crippen LogP contribution in [-0.2, 0) is 20.2 Å². The van der Waals surface area contributed by atoms with E-state index in [4.69, 9.17) is 0 Å². The Morgan fingerprint density at radius 2 is 1.53 bits per heavy atom. The van der Waals surface area contributed by atoms with Gasteiger partial charge in [0.2, 0.25) is 0 Å². The molecule has 3 aromatic carbocycles. The van der Waals surface area contributed by atoms with E-state index in [0.717, 1.165) is 30.3 Å². The molecule has 0 heterocycles. The van der Waals surface area contributed by atoms with Gasteiger partial charge in [-0.15, -0.1) is 0 Å². The maximum absolute atomic E-state index is 12.7. The van der Waals surface area contributed by atoms with Gasteiger partial charge in [-0.05, 0) is 42.6 Å². The van der Waals surface area contributed by atoms with E-state index < -0.39 is 46.6 Å². The summed E-state index contributed by atoms with van der Waals surface area (Å²) in [6.45, 7) is 1.41. The van der Waals surface area contributed by atoms with Crippen LogP contribution in [0.2, 0.25) is 0 Å². The van der Waals surface area contributed by atoms with Crippen molar-refractivity contribution in [3.63, 3.8) is 0 Å². The highest BCUT2D eigenvalue weighted by molar-refractivity contribution is 7.86. The molecule has 0 atom stereocenters. The number of benzene rings is 3. The first-order chi connectivity index (χ1) is 14.7. The highest BCUT2D eigenvalue weighted by atomic mass is 32.2. The van der Waals surface area contributed by atoms with Gasteiger partial charge in [0.15, 0.2) is 0 Å². The van der Waals surface area contributed by atoms with Crippen LogP contribution in [0.1, 0.15) is 15.9 Å². The Labute approximate surface area is 180 Å². The smallest absolute Gasteiger partial charge is 0.294 e. The number of nitro groups is 1. The monoisotopic (exact) mass is 482 g/mol. The summed E-state index contributed by atoms with van der Waals surface area (Å²) in [6, 6.07) is 6.68. The van der Waals surface area contributed by atoms with Gasteiger partial charge in [0.05, 0.1) is 20.4 Å². The molecule has 0 radical (unpaired) electrons. The number of anilines is 1. The molecule has 3 aromatic rings. The second kappa shape index (κ2) is 7.83. The predicted molar refractivity (Wildman–Crippen MR) is 111 cm³/mol. The molecule has 0 fully saturated rings. The van der Waals surface area contributed by atoms with E-state index in [0.29, 0.717) is 6.07 Å². The first-order valence-corrected chi connectivity index (χ1v) is 11.4. The van der Waals surface area contributed by atoms with E-state index in [1.807, 2.05) is 0 Å². The summed E-state index contributed by atoms with van der Waals surface area (Å²) in [5.74, 6) is -1.55. The maximum atomic E-state index is 12.7. The van der Waals surface area contributed by atoms with Gasteiger partial charge >= 0.3 is 0 Å². The van der Waals surface area contributed by atoms with Crippen molar-refractivity contribution in [1.82, 2.24) is 0 Å². The lowest BCUT2D eigenvalue weighted by Crippen LogP contribution is -2.13. The first-order valence-electron chi connectivity index (χ1n) is 8.50. The number of fused-ring (bicyclic) bond motifs is 1. The Kier molecular flexibility index (Phi) is 5.65. The van der Waals surface area contributed by atoms with Crippen LogP contribution < -0.4 is 5.32 Å². The number of nitro benzene ring substituents is 1. The minimum atomic E-state index is -4.82. The van der Waals surface area contributed by atoms with Gasteiger partial charge in [-0.1, -0.05) is 0 Å². The van der Waals surface area contributed by atoms with Crippen LogP contribution in [-0.4, -0.2) is 41.9 Å². The number of phenolic OH excluding ortho intramolecular Hbond substituents is 1. The van der Waals surface area contributed by atoms with Crippen molar-refractivity contribution in [2.24, 2.45) is 0 Å². The molecule has 32 heavy (non-hydrogen) atoms. The number of hydrogen-bond acceptors (Lipinski definition) is 8. The van der Waals surface area contributed by atoms with E-state index in [2.05, 4.69) is 5.32 Å². The topological polar surface area (TPSA) is 201 Å². The maximum Gasteiger partial charge on any atom is 0.294 e. The van der Waals surface area contributed by atoms with Crippen LogP contribution in [0, 0.1) is 17.0 Å². The number of nitrogens with one attached hydrogen (secondary N) is 1. The van der Waals surface area contributed by atoms with Gasteiger partial charge in [0.1, 0.15) is 5.75 Å². The van der Waals surface area contributed by atoms with E-state index in [-0.39, 0.29) is 33.3 Å². The molecule has 0 aliphatic rings. The third-order valence-electron chi connectivity index (χ3n) is 4.47. The average Bonchev–Trinajstić information content (AvgIpc) is 2.65. The van der Waals surface area contributed by atoms with E-state index >= 15 is 0 Å². The molecule has 0 bridgehead atoms. The number of rotatable bonds is 5. The molecule has 0 aliphatic carbocycles. The summed E-state index contributed by atoms with van der Waals surface area (Å²) >= 11 is 0. The first kappa shape index (κ1) is 23.1. The number of aryl methyl sites for hydroxylation is 1. The number of amides is 1. The Bertz CT molecular complexity index is 1510. The molecule has 0 aliphatic heterocycles. The molecular formula is C18H14N2O10S2. The van der Waals surface area contributed by atoms with Crippen LogP contribution >= 0.6 is 0 Å². The van der Waals surface area contributed by atoms with Crippen LogP contribution in [0.25, 0.3) is 10.8 Å². The lowest BCUT2D eigenvalue weighted by molar-refractivity contribution is -0.385. The van der Waals surface area contributed by atoms with Crippen molar-refractivity contribution < 1.29 is 40.8 Å². The Morgan fingerprint density at radius 3 is 2.03 bits per heavy atom. The van der Waals surface area contributed by atoms with Crippen molar-refractivity contribution >= 4 is 48.3 Å². The van der Waals surface area contributed by atoms with E-state index in [9.17, 15) is 46.0 Å². The fourth-order valence-corrected chi connectivity index (χ4v) is 4.11. The SMILES string of the molecule is Cc1cc(C(=O)Nc2cc(S(=O)(=O)O)cc3cc(S(=O)(=O)O)cc(O)c23)ccc1[N+](=O)[O-]. The van der Waals surface area contributed by atoms with Gasteiger partial charge in [0, 0.05) is 28.6 Å². The second-order valence-electron chi connectivity index (χ2n) is 6.67. The van der Waals surface area contributed by atoms with Gasteiger partial charge in [-0.25, -0.2) is 0 Å². The van der Waals surface area contributed by atoms with Gasteiger partial charge in [-0.3, -0.25) is 24.0 Å². The molecule has 14 heteroatoms. The fourth-order valence-electron chi connectivity index (χ4n) is 3.03. The number of carbonyl (C=O) groups is 1. The zero-order valence-electron chi connectivity index (χ0n) is 16.0. The molecule has 0 saturated heterocycles. The number of carbonyl (C=O) groups excluding carboxylic acids is 1. The molecule has 3 rings (SSSR count). The standard InChI is InChI=1S/C18H14N2O10S2/c1-9-4-10(2-3-15(9)20(23)24)18(22)19-14-7-12(31(25,26)27)5-11-6-13(32(28,29)30)8-16(21)17(11)14/h2-8,21H,1H3,(H,19,22)(H,25,26,27)(H,28,29,30). The summed E-state index contributed by atoms with van der Waals surface area (Å²) in [5, 5.41) is 23.2. The number of nitrogens with zero attached hydrogens (tertiary/aromatic N) is 1. The van der Waals surface area contributed by atoms with Crippen molar-refractivity contribution in [3.8, 4) is 5.75 Å². The van der Waals surface area contributed by atoms with Crippen LogP contribution in [0.5, 0.6) is 5.75 Å². The zero-order chi connectivity index (χ0) is 24.0. The van der Waals surface area contributed by atoms with Crippen molar-refractivity contribution in [3.05, 3.63) is 63.7 Å². The summed E-state index contributed by atoms with van der Waals surface area (Å²) in [4.78, 5) is 21.5. The minimum absolute atomic E-state index is 0.0347. The minimum Gasteiger partial charge on any atom is -0.507 e. The molecule has 4 N–H and O–H groups in total. The summed E-state index contributed by atoms with van der Waals surface area (Å²) in [6.07, 6.45) is 0. The fraction of sp³-hybridized carbons (Fsp3) is 0.0556. The highest BCUT2D eigenvalue weighted by Gasteiger charge is 2.21. The number of hydrogen-bond donors (Lipinski definition) is 4. The van der Waals surface area contributed by atoms with Gasteiger partial charge in [0.25, 0.3) is 31.8 Å². The number of aromatic hydroxyl groups is 1. The molecule has 1 amide bonds. The summed E-state index contributed by atoms with van der Waals surface area (Å²) in [7, 11) is -9.59. The lowest BCUT2D eigenvalue weighted by Gasteiger charge is -2.13. The third kappa shape index (κ3) is 4.52. The van der Waals surface area contributed by atoms with Gasteiger partial charge in [-0.2, -0.15) is 16.8 Å². The highest BCUT2D eigenvalue weighted by Crippen LogP contribution is 2.37.